The van der Waals surface area contributed by atoms with E-state index in [1.54, 1.807) is 6.07 Å². The van der Waals surface area contributed by atoms with E-state index in [2.05, 4.69) is 9.97 Å². The van der Waals surface area contributed by atoms with E-state index >= 15 is 0 Å². The van der Waals surface area contributed by atoms with Crippen molar-refractivity contribution in [1.29, 1.82) is 0 Å². The van der Waals surface area contributed by atoms with E-state index in [1.165, 1.54) is 0 Å². The Morgan fingerprint density at radius 3 is 2.70 bits per heavy atom. The quantitative estimate of drug-likeness (QED) is 0.870. The summed E-state index contributed by atoms with van der Waals surface area (Å²) in [5.74, 6) is 1.88. The Morgan fingerprint density at radius 1 is 1.30 bits per heavy atom. The van der Waals surface area contributed by atoms with Crippen LogP contribution < -0.4 is 4.74 Å². The van der Waals surface area contributed by atoms with Crippen LogP contribution in [0.1, 0.15) is 36.7 Å². The van der Waals surface area contributed by atoms with Crippen molar-refractivity contribution >= 4 is 11.6 Å². The van der Waals surface area contributed by atoms with Crippen molar-refractivity contribution in [2.75, 3.05) is 0 Å². The Bertz CT molecular complexity index is 615. The Kier molecular flexibility index (Phi) is 4.57. The van der Waals surface area contributed by atoms with Crippen molar-refractivity contribution in [3.63, 3.8) is 0 Å². The van der Waals surface area contributed by atoms with Gasteiger partial charge in [0.25, 0.3) is 0 Å². The second-order valence-corrected chi connectivity index (χ2v) is 5.22. The van der Waals surface area contributed by atoms with Crippen LogP contribution in [0.15, 0.2) is 24.3 Å². The summed E-state index contributed by atoms with van der Waals surface area (Å²) in [4.78, 5) is 8.65. The summed E-state index contributed by atoms with van der Waals surface area (Å²) < 4.78 is 5.78. The van der Waals surface area contributed by atoms with Crippen LogP contribution in [-0.4, -0.2) is 15.1 Å². The van der Waals surface area contributed by atoms with E-state index in [9.17, 15) is 0 Å². The van der Waals surface area contributed by atoms with Crippen LogP contribution in [0.3, 0.4) is 0 Å². The maximum absolute atomic E-state index is 9.14. The average Bonchev–Trinajstić information content (AvgIpc) is 2.43. The standard InChI is InChI=1S/C15H17ClN2O2/c1-9(2)14-17-13(16)10(3)15(18-14)20-12-6-4-5-11(7-12)8-19/h4-7,9,19H,8H2,1-3H3. The predicted octanol–water partition coefficient (Wildman–Crippen LogP) is 3.85. The molecule has 0 bridgehead atoms. The fourth-order valence-electron chi connectivity index (χ4n) is 1.66. The zero-order chi connectivity index (χ0) is 14.7. The highest BCUT2D eigenvalue weighted by molar-refractivity contribution is 6.30. The monoisotopic (exact) mass is 292 g/mol. The third-order valence-corrected chi connectivity index (χ3v) is 3.24. The van der Waals surface area contributed by atoms with Gasteiger partial charge in [-0.3, -0.25) is 0 Å². The fraction of sp³-hybridized carbons (Fsp3) is 0.333. The number of hydrogen-bond acceptors (Lipinski definition) is 4. The summed E-state index contributed by atoms with van der Waals surface area (Å²) in [5.41, 5.74) is 1.48. The summed E-state index contributed by atoms with van der Waals surface area (Å²) in [6, 6.07) is 7.22. The lowest BCUT2D eigenvalue weighted by Gasteiger charge is -2.12. The van der Waals surface area contributed by atoms with Gasteiger partial charge in [0.15, 0.2) is 0 Å². The maximum atomic E-state index is 9.14. The second-order valence-electron chi connectivity index (χ2n) is 4.87. The van der Waals surface area contributed by atoms with E-state index < -0.39 is 0 Å². The van der Waals surface area contributed by atoms with Gasteiger partial charge in [0.2, 0.25) is 5.88 Å². The van der Waals surface area contributed by atoms with Gasteiger partial charge in [0.1, 0.15) is 16.7 Å². The lowest BCUT2D eigenvalue weighted by molar-refractivity contribution is 0.281. The third kappa shape index (κ3) is 3.26. The van der Waals surface area contributed by atoms with E-state index in [-0.39, 0.29) is 12.5 Å². The van der Waals surface area contributed by atoms with E-state index in [4.69, 9.17) is 21.4 Å². The molecule has 2 rings (SSSR count). The van der Waals surface area contributed by atoms with E-state index in [1.807, 2.05) is 39.0 Å². The van der Waals surface area contributed by atoms with E-state index in [0.29, 0.717) is 28.2 Å². The summed E-state index contributed by atoms with van der Waals surface area (Å²) in [7, 11) is 0. The lowest BCUT2D eigenvalue weighted by atomic mass is 10.2. The van der Waals surface area contributed by atoms with Gasteiger partial charge in [-0.2, -0.15) is 4.98 Å². The molecule has 0 aliphatic heterocycles. The number of aliphatic hydroxyl groups excluding tert-OH is 1. The Balaban J connectivity index is 2.37. The van der Waals surface area contributed by atoms with Crippen LogP contribution in [0.4, 0.5) is 0 Å². The van der Waals surface area contributed by atoms with E-state index in [0.717, 1.165) is 5.56 Å². The van der Waals surface area contributed by atoms with Crippen LogP contribution in [0, 0.1) is 6.92 Å². The van der Waals surface area contributed by atoms with Gasteiger partial charge in [-0.1, -0.05) is 37.6 Å². The van der Waals surface area contributed by atoms with Crippen molar-refractivity contribution < 1.29 is 9.84 Å². The van der Waals surface area contributed by atoms with Crippen LogP contribution in [0.5, 0.6) is 11.6 Å². The van der Waals surface area contributed by atoms with Gasteiger partial charge < -0.3 is 9.84 Å². The molecule has 0 spiro atoms. The molecule has 2 aromatic rings. The molecule has 0 aliphatic rings. The third-order valence-electron chi connectivity index (χ3n) is 2.87. The van der Waals surface area contributed by atoms with Crippen LogP contribution >= 0.6 is 11.6 Å². The minimum absolute atomic E-state index is 0.0298. The molecule has 0 unspecified atom stereocenters. The molecule has 1 heterocycles. The molecule has 0 amide bonds. The van der Waals surface area contributed by atoms with Gasteiger partial charge in [0.05, 0.1) is 6.61 Å². The molecule has 0 fully saturated rings. The van der Waals surface area contributed by atoms with Gasteiger partial charge in [-0.15, -0.1) is 0 Å². The van der Waals surface area contributed by atoms with Crippen LogP contribution in [-0.2, 0) is 6.61 Å². The fourth-order valence-corrected chi connectivity index (χ4v) is 1.83. The molecule has 0 saturated carbocycles. The zero-order valence-corrected chi connectivity index (χ0v) is 12.5. The number of halogens is 1. The molecule has 0 radical (unpaired) electrons. The van der Waals surface area contributed by atoms with Crippen molar-refractivity contribution in [3.05, 3.63) is 46.4 Å². The van der Waals surface area contributed by atoms with Gasteiger partial charge in [-0.05, 0) is 24.6 Å². The molecule has 106 valence electrons. The maximum Gasteiger partial charge on any atom is 0.226 e. The SMILES string of the molecule is Cc1c(Cl)nc(C(C)C)nc1Oc1cccc(CO)c1. The van der Waals surface area contributed by atoms with Crippen molar-refractivity contribution in [2.24, 2.45) is 0 Å². The average molecular weight is 293 g/mol. The number of hydrogen-bond donors (Lipinski definition) is 1. The molecule has 4 nitrogen and oxygen atoms in total. The Morgan fingerprint density at radius 2 is 2.05 bits per heavy atom. The van der Waals surface area contributed by atoms with Gasteiger partial charge in [-0.25, -0.2) is 4.98 Å². The van der Waals surface area contributed by atoms with Gasteiger partial charge >= 0.3 is 0 Å². The first-order valence-electron chi connectivity index (χ1n) is 6.43. The Hall–Kier alpha value is -1.65. The molecule has 1 N–H and O–H groups in total. The Labute approximate surface area is 123 Å². The topological polar surface area (TPSA) is 55.2 Å². The summed E-state index contributed by atoms with van der Waals surface area (Å²) in [5, 5.41) is 9.54. The second kappa shape index (κ2) is 6.20. The number of ether oxygens (including phenoxy) is 1. The molecule has 1 aromatic heterocycles. The van der Waals surface area contributed by atoms with Crippen molar-refractivity contribution in [3.8, 4) is 11.6 Å². The molecule has 20 heavy (non-hydrogen) atoms. The lowest BCUT2D eigenvalue weighted by Crippen LogP contribution is -2.02. The van der Waals surface area contributed by atoms with Gasteiger partial charge in [0, 0.05) is 11.5 Å². The molecule has 0 saturated heterocycles. The molecular formula is C15H17ClN2O2. The molecule has 0 atom stereocenters. The molecule has 1 aromatic carbocycles. The van der Waals surface area contributed by atoms with Crippen LogP contribution in [0.25, 0.3) is 0 Å². The summed E-state index contributed by atoms with van der Waals surface area (Å²) in [6.07, 6.45) is 0. The number of aromatic nitrogens is 2. The predicted molar refractivity (Wildman–Crippen MR) is 78.3 cm³/mol. The number of rotatable bonds is 4. The smallest absolute Gasteiger partial charge is 0.226 e. The largest absolute Gasteiger partial charge is 0.439 e. The normalized spacial score (nSPS) is 10.9. The number of nitrogens with zero attached hydrogens (tertiary/aromatic N) is 2. The highest BCUT2D eigenvalue weighted by atomic mass is 35.5. The highest BCUT2D eigenvalue weighted by Crippen LogP contribution is 2.29. The minimum Gasteiger partial charge on any atom is -0.439 e. The van der Waals surface area contributed by atoms with Crippen molar-refractivity contribution in [1.82, 2.24) is 9.97 Å². The molecule has 5 heteroatoms. The summed E-state index contributed by atoms with van der Waals surface area (Å²) >= 11 is 6.12. The van der Waals surface area contributed by atoms with Crippen LogP contribution in [0.2, 0.25) is 5.15 Å². The first-order chi connectivity index (χ1) is 9.51. The van der Waals surface area contributed by atoms with Crippen molar-refractivity contribution in [2.45, 2.75) is 33.3 Å². The first kappa shape index (κ1) is 14.8. The number of aliphatic hydroxyl groups is 1. The highest BCUT2D eigenvalue weighted by Gasteiger charge is 2.13. The zero-order valence-electron chi connectivity index (χ0n) is 11.7. The number of benzene rings is 1. The minimum atomic E-state index is -0.0298. The summed E-state index contributed by atoms with van der Waals surface area (Å²) in [6.45, 7) is 5.78. The molecule has 0 aliphatic carbocycles. The first-order valence-corrected chi connectivity index (χ1v) is 6.80. The molecular weight excluding hydrogens is 276 g/mol.